The van der Waals surface area contributed by atoms with E-state index in [0.29, 0.717) is 17.2 Å². The van der Waals surface area contributed by atoms with Crippen LogP contribution in [0.1, 0.15) is 42.0 Å². The molecule has 0 spiro atoms. The normalized spacial score (nSPS) is 15.9. The maximum absolute atomic E-state index is 9.75. The lowest BCUT2D eigenvalue weighted by Crippen LogP contribution is -2.35. The van der Waals surface area contributed by atoms with Crippen molar-refractivity contribution < 1.29 is 14.4 Å². The van der Waals surface area contributed by atoms with E-state index < -0.39 is 0 Å². The number of H-pyrrole nitrogens is 1. The van der Waals surface area contributed by atoms with Crippen LogP contribution in [0.5, 0.6) is 5.75 Å². The number of fused-ring (bicyclic) bond motifs is 3. The van der Waals surface area contributed by atoms with Crippen molar-refractivity contribution in [2.75, 3.05) is 19.0 Å². The summed E-state index contributed by atoms with van der Waals surface area (Å²) in [6.07, 6.45) is 0.370. The summed E-state index contributed by atoms with van der Waals surface area (Å²) in [4.78, 5) is 8.38. The van der Waals surface area contributed by atoms with E-state index in [9.17, 15) is 5.11 Å². The lowest BCUT2D eigenvalue weighted by atomic mass is 9.99. The Labute approximate surface area is 208 Å². The zero-order chi connectivity index (χ0) is 24.7. The number of benzene rings is 2. The first kappa shape index (κ1) is 23.3. The van der Waals surface area contributed by atoms with Crippen molar-refractivity contribution in [3.63, 3.8) is 0 Å². The quantitative estimate of drug-likeness (QED) is 0.289. The number of amidine groups is 1. The summed E-state index contributed by atoms with van der Waals surface area (Å²) in [6.45, 7) is 5.84. The largest absolute Gasteiger partial charge is 0.496 e. The molecule has 3 heterocycles. The molecule has 1 unspecified atom stereocenters. The first-order valence-corrected chi connectivity index (χ1v) is 11.9. The molecule has 0 aliphatic carbocycles. The number of aliphatic hydroxyl groups is 1. The van der Waals surface area contributed by atoms with Gasteiger partial charge in [-0.15, -0.1) is 0 Å². The van der Waals surface area contributed by atoms with E-state index in [1.807, 2.05) is 51.1 Å². The van der Waals surface area contributed by atoms with E-state index in [-0.39, 0.29) is 18.8 Å². The molecule has 5 rings (SSSR count). The summed E-state index contributed by atoms with van der Waals surface area (Å²) in [5, 5.41) is 22.5. The number of methoxy groups -OCH3 is 1. The standard InChI is InChI=1S/C26H28ClN5O3/c1-13-23(14(2)35-32-13)19-11-21-18(12-22(19)34-4)24-25(28-15(3)29-26(24)31-21)30-20(8-9-33)16-6-5-7-17(27)10-16/h5-7,10-12,15,20,29,31,33H,8-9H2,1-4H3,(H,28,30)/t15?,20-/m1/s1. The average molecular weight is 494 g/mol. The summed E-state index contributed by atoms with van der Waals surface area (Å²) in [6, 6.07) is 11.6. The van der Waals surface area contributed by atoms with E-state index in [0.717, 1.165) is 56.3 Å². The second kappa shape index (κ2) is 9.28. The lowest BCUT2D eigenvalue weighted by Gasteiger charge is -2.26. The number of aromatic nitrogens is 2. The van der Waals surface area contributed by atoms with Gasteiger partial charge in [0.2, 0.25) is 0 Å². The fourth-order valence-corrected chi connectivity index (χ4v) is 4.96. The smallest absolute Gasteiger partial charge is 0.141 e. The topological polar surface area (TPSA) is 108 Å². The molecule has 8 nitrogen and oxygen atoms in total. The Kier molecular flexibility index (Phi) is 6.17. The number of hydrogen-bond donors (Lipinski definition) is 4. The Morgan fingerprint density at radius 2 is 2.06 bits per heavy atom. The van der Waals surface area contributed by atoms with Gasteiger partial charge < -0.3 is 30.0 Å². The Morgan fingerprint density at radius 1 is 1.23 bits per heavy atom. The first-order chi connectivity index (χ1) is 16.9. The second-order valence-corrected chi connectivity index (χ2v) is 9.17. The van der Waals surface area contributed by atoms with Gasteiger partial charge in [0.15, 0.2) is 0 Å². The van der Waals surface area contributed by atoms with Gasteiger partial charge in [-0.2, -0.15) is 0 Å². The fraction of sp³-hybridized carbons (Fsp3) is 0.308. The Bertz CT molecular complexity index is 1400. The van der Waals surface area contributed by atoms with E-state index in [1.165, 1.54) is 0 Å². The number of aryl methyl sites for hydroxylation is 2. The minimum absolute atomic E-state index is 0.0284. The Hall–Kier alpha value is -3.49. The molecule has 182 valence electrons. The molecule has 0 bridgehead atoms. The van der Waals surface area contributed by atoms with Crippen molar-refractivity contribution >= 4 is 34.2 Å². The molecular formula is C26H28ClN5O3. The molecule has 2 aromatic heterocycles. The zero-order valence-corrected chi connectivity index (χ0v) is 20.8. The van der Waals surface area contributed by atoms with Crippen molar-refractivity contribution in [2.45, 2.75) is 39.4 Å². The van der Waals surface area contributed by atoms with E-state index >= 15 is 0 Å². The van der Waals surface area contributed by atoms with Gasteiger partial charge in [-0.1, -0.05) is 28.9 Å². The van der Waals surface area contributed by atoms with E-state index in [1.54, 1.807) is 7.11 Å². The third-order valence-electron chi connectivity index (χ3n) is 6.31. The van der Waals surface area contributed by atoms with E-state index in [2.05, 4.69) is 26.8 Å². The van der Waals surface area contributed by atoms with Crippen LogP contribution in [-0.2, 0) is 0 Å². The van der Waals surface area contributed by atoms with Crippen LogP contribution < -0.4 is 15.4 Å². The molecular weight excluding hydrogens is 466 g/mol. The third-order valence-corrected chi connectivity index (χ3v) is 6.55. The van der Waals surface area contributed by atoms with Gasteiger partial charge in [-0.25, -0.2) is 4.99 Å². The third kappa shape index (κ3) is 4.24. The van der Waals surface area contributed by atoms with Crippen LogP contribution in [0.4, 0.5) is 5.82 Å². The van der Waals surface area contributed by atoms with Crippen LogP contribution in [-0.4, -0.2) is 41.0 Å². The SMILES string of the molecule is COc1cc2c3c([nH]c2cc1-c1c(C)noc1C)NC(C)N=C3N[C@H](CCO)c1cccc(Cl)c1. The predicted octanol–water partition coefficient (Wildman–Crippen LogP) is 5.33. The monoisotopic (exact) mass is 493 g/mol. The van der Waals surface area contributed by atoms with Gasteiger partial charge in [0, 0.05) is 28.1 Å². The number of nitrogens with one attached hydrogen (secondary N) is 3. The van der Waals surface area contributed by atoms with Crippen LogP contribution in [0.3, 0.4) is 0 Å². The number of halogens is 1. The van der Waals surface area contributed by atoms with Gasteiger partial charge in [-0.3, -0.25) is 0 Å². The molecule has 4 aromatic rings. The van der Waals surface area contributed by atoms with Crippen LogP contribution >= 0.6 is 11.6 Å². The van der Waals surface area contributed by atoms with Crippen molar-refractivity contribution in [1.82, 2.24) is 15.5 Å². The van der Waals surface area contributed by atoms with Crippen LogP contribution in [0.15, 0.2) is 45.9 Å². The molecule has 35 heavy (non-hydrogen) atoms. The van der Waals surface area contributed by atoms with Gasteiger partial charge in [0.25, 0.3) is 0 Å². The van der Waals surface area contributed by atoms with Crippen molar-refractivity contribution in [1.29, 1.82) is 0 Å². The zero-order valence-electron chi connectivity index (χ0n) is 20.1. The summed E-state index contributed by atoms with van der Waals surface area (Å²) in [7, 11) is 1.66. The van der Waals surface area contributed by atoms with Crippen LogP contribution in [0.2, 0.25) is 5.02 Å². The molecule has 2 atom stereocenters. The second-order valence-electron chi connectivity index (χ2n) is 8.73. The summed E-state index contributed by atoms with van der Waals surface area (Å²) >= 11 is 6.25. The molecule has 0 radical (unpaired) electrons. The molecule has 0 saturated heterocycles. The highest BCUT2D eigenvalue weighted by Gasteiger charge is 2.27. The number of nitrogens with zero attached hydrogens (tertiary/aromatic N) is 2. The molecule has 0 saturated carbocycles. The summed E-state index contributed by atoms with van der Waals surface area (Å²) < 4.78 is 11.2. The van der Waals surface area contributed by atoms with Crippen molar-refractivity contribution in [3.05, 3.63) is 64.0 Å². The number of aliphatic imine (C=N–C) groups is 1. The Morgan fingerprint density at radius 3 is 2.74 bits per heavy atom. The highest BCUT2D eigenvalue weighted by Crippen LogP contribution is 2.41. The van der Waals surface area contributed by atoms with E-state index in [4.69, 9.17) is 25.9 Å². The molecule has 0 fully saturated rings. The minimum Gasteiger partial charge on any atom is -0.496 e. The molecule has 4 N–H and O–H groups in total. The molecule has 1 aliphatic rings. The van der Waals surface area contributed by atoms with Gasteiger partial charge >= 0.3 is 0 Å². The number of aromatic amines is 1. The number of ether oxygens (including phenoxy) is 1. The fourth-order valence-electron chi connectivity index (χ4n) is 4.76. The van der Waals surface area contributed by atoms with Crippen molar-refractivity contribution in [3.8, 4) is 16.9 Å². The summed E-state index contributed by atoms with van der Waals surface area (Å²) in [5.74, 6) is 3.06. The van der Waals surface area contributed by atoms with Gasteiger partial charge in [-0.05, 0) is 57.0 Å². The summed E-state index contributed by atoms with van der Waals surface area (Å²) in [5.41, 5.74) is 5.48. The predicted molar refractivity (Wildman–Crippen MR) is 138 cm³/mol. The van der Waals surface area contributed by atoms with Gasteiger partial charge in [0.1, 0.15) is 29.3 Å². The molecule has 2 aromatic carbocycles. The highest BCUT2D eigenvalue weighted by atomic mass is 35.5. The first-order valence-electron chi connectivity index (χ1n) is 11.5. The maximum Gasteiger partial charge on any atom is 0.141 e. The van der Waals surface area contributed by atoms with Gasteiger partial charge in [0.05, 0.1) is 30.0 Å². The average Bonchev–Trinajstić information content (AvgIpc) is 3.35. The molecule has 0 amide bonds. The maximum atomic E-state index is 9.75. The number of rotatable bonds is 6. The van der Waals surface area contributed by atoms with Crippen LogP contribution in [0.25, 0.3) is 22.0 Å². The minimum atomic E-state index is -0.163. The Balaban J connectivity index is 1.62. The number of hydrogen-bond acceptors (Lipinski definition) is 7. The van der Waals surface area contributed by atoms with Crippen molar-refractivity contribution in [2.24, 2.45) is 4.99 Å². The lowest BCUT2D eigenvalue weighted by molar-refractivity contribution is 0.272. The number of aliphatic hydroxyl groups excluding tert-OH is 1. The molecule has 9 heteroatoms. The van der Waals surface area contributed by atoms with Crippen LogP contribution in [0, 0.1) is 13.8 Å². The number of anilines is 1. The highest BCUT2D eigenvalue weighted by molar-refractivity contribution is 6.30. The molecule has 1 aliphatic heterocycles.